The number of nitrogens with zero attached hydrogens (tertiary/aromatic N) is 2. The second-order valence-electron chi connectivity index (χ2n) is 6.00. The number of nitrogens with one attached hydrogen (secondary N) is 1. The third kappa shape index (κ3) is 4.61. The Morgan fingerprint density at radius 2 is 1.93 bits per heavy atom. The predicted octanol–water partition coefficient (Wildman–Crippen LogP) is 4.29. The second kappa shape index (κ2) is 9.23. The molecular weight excluding hydrogens is 374 g/mol. The van der Waals surface area contributed by atoms with Gasteiger partial charge in [-0.2, -0.15) is 0 Å². The summed E-state index contributed by atoms with van der Waals surface area (Å²) in [5.74, 6) is 1.28. The Kier molecular flexibility index (Phi) is 6.49. The fraction of sp³-hybridized carbons (Fsp3) is 0.238. The molecule has 7 heteroatoms. The normalized spacial score (nSPS) is 10.4. The van der Waals surface area contributed by atoms with Gasteiger partial charge in [0.1, 0.15) is 11.5 Å². The molecule has 146 valence electrons. The van der Waals surface area contributed by atoms with Gasteiger partial charge >= 0.3 is 0 Å². The van der Waals surface area contributed by atoms with Crippen LogP contribution in [0.15, 0.2) is 53.9 Å². The molecule has 1 amide bonds. The number of anilines is 2. The minimum Gasteiger partial charge on any atom is -0.497 e. The average molecular weight is 398 g/mol. The molecule has 6 nitrogen and oxygen atoms in total. The maximum Gasteiger partial charge on any atom is 0.245 e. The number of amides is 1. The maximum atomic E-state index is 12.5. The SMILES string of the molecule is CCN(CC(=O)Nc1nc(-c2ccc(OC)cc2OC)cs1)c1ccccc1. The molecule has 0 aliphatic carbocycles. The second-order valence-corrected chi connectivity index (χ2v) is 6.86. The van der Waals surface area contributed by atoms with E-state index in [-0.39, 0.29) is 12.5 Å². The van der Waals surface area contributed by atoms with Gasteiger partial charge in [0.25, 0.3) is 0 Å². The van der Waals surface area contributed by atoms with Crippen molar-refractivity contribution < 1.29 is 14.3 Å². The standard InChI is InChI=1S/C21H23N3O3S/c1-4-24(15-8-6-5-7-9-15)13-20(25)23-21-22-18(14-28-21)17-11-10-16(26-2)12-19(17)27-3/h5-12,14H,4,13H2,1-3H3,(H,22,23,25). The van der Waals surface area contributed by atoms with Crippen LogP contribution in [0.3, 0.4) is 0 Å². The zero-order chi connectivity index (χ0) is 19.9. The molecule has 3 rings (SSSR count). The number of para-hydroxylation sites is 1. The van der Waals surface area contributed by atoms with Crippen molar-refractivity contribution in [3.63, 3.8) is 0 Å². The minimum absolute atomic E-state index is 0.103. The average Bonchev–Trinajstić information content (AvgIpc) is 3.20. The summed E-state index contributed by atoms with van der Waals surface area (Å²) in [7, 11) is 3.22. The summed E-state index contributed by atoms with van der Waals surface area (Å²) < 4.78 is 10.7. The molecule has 28 heavy (non-hydrogen) atoms. The van der Waals surface area contributed by atoms with Crippen LogP contribution in [0.5, 0.6) is 11.5 Å². The van der Waals surface area contributed by atoms with Gasteiger partial charge in [0.15, 0.2) is 5.13 Å². The van der Waals surface area contributed by atoms with E-state index in [4.69, 9.17) is 9.47 Å². The van der Waals surface area contributed by atoms with Crippen molar-refractivity contribution in [1.82, 2.24) is 4.98 Å². The topological polar surface area (TPSA) is 63.7 Å². The number of thiazole rings is 1. The van der Waals surface area contributed by atoms with E-state index in [1.807, 2.05) is 65.7 Å². The van der Waals surface area contributed by atoms with Crippen molar-refractivity contribution >= 4 is 28.1 Å². The number of hydrogen-bond donors (Lipinski definition) is 1. The zero-order valence-electron chi connectivity index (χ0n) is 16.1. The molecule has 0 aliphatic rings. The number of rotatable bonds is 8. The Morgan fingerprint density at radius 3 is 2.61 bits per heavy atom. The fourth-order valence-electron chi connectivity index (χ4n) is 2.82. The molecule has 0 saturated carbocycles. The van der Waals surface area contributed by atoms with Crippen molar-refractivity contribution in [2.24, 2.45) is 0 Å². The molecule has 0 atom stereocenters. The van der Waals surface area contributed by atoms with Gasteiger partial charge in [-0.05, 0) is 31.2 Å². The van der Waals surface area contributed by atoms with E-state index < -0.39 is 0 Å². The van der Waals surface area contributed by atoms with Crippen LogP contribution in [0.2, 0.25) is 0 Å². The van der Waals surface area contributed by atoms with Gasteiger partial charge in [0.05, 0.1) is 26.5 Å². The largest absolute Gasteiger partial charge is 0.497 e. The number of methoxy groups -OCH3 is 2. The molecule has 3 aromatic rings. The highest BCUT2D eigenvalue weighted by Gasteiger charge is 2.14. The lowest BCUT2D eigenvalue weighted by Gasteiger charge is -2.22. The summed E-state index contributed by atoms with van der Waals surface area (Å²) in [4.78, 5) is 19.0. The van der Waals surface area contributed by atoms with Crippen LogP contribution in [0, 0.1) is 0 Å². The predicted molar refractivity (Wildman–Crippen MR) is 114 cm³/mol. The van der Waals surface area contributed by atoms with Gasteiger partial charge in [-0.15, -0.1) is 11.3 Å². The van der Waals surface area contributed by atoms with Crippen LogP contribution < -0.4 is 19.7 Å². The van der Waals surface area contributed by atoms with E-state index in [9.17, 15) is 4.79 Å². The Morgan fingerprint density at radius 1 is 1.14 bits per heavy atom. The van der Waals surface area contributed by atoms with Crippen molar-refractivity contribution in [2.45, 2.75) is 6.92 Å². The summed E-state index contributed by atoms with van der Waals surface area (Å²) in [5, 5.41) is 5.34. The van der Waals surface area contributed by atoms with Crippen molar-refractivity contribution in [3.05, 3.63) is 53.9 Å². The minimum atomic E-state index is -0.103. The van der Waals surface area contributed by atoms with E-state index in [1.165, 1.54) is 11.3 Å². The van der Waals surface area contributed by atoms with Crippen LogP contribution in [0.4, 0.5) is 10.8 Å². The highest BCUT2D eigenvalue weighted by atomic mass is 32.1. The summed E-state index contributed by atoms with van der Waals surface area (Å²) in [6.45, 7) is 3.03. The first-order valence-electron chi connectivity index (χ1n) is 8.92. The quantitative estimate of drug-likeness (QED) is 0.614. The fourth-order valence-corrected chi connectivity index (χ4v) is 3.55. The first kappa shape index (κ1) is 19.7. The van der Waals surface area contributed by atoms with Crippen LogP contribution in [0.25, 0.3) is 11.3 Å². The molecule has 0 radical (unpaired) electrons. The number of carbonyl (C=O) groups excluding carboxylic acids is 1. The molecule has 0 aliphatic heterocycles. The number of hydrogen-bond acceptors (Lipinski definition) is 6. The zero-order valence-corrected chi connectivity index (χ0v) is 17.0. The van der Waals surface area contributed by atoms with Crippen molar-refractivity contribution in [1.29, 1.82) is 0 Å². The molecule has 0 spiro atoms. The molecule has 1 heterocycles. The third-order valence-electron chi connectivity index (χ3n) is 4.27. The molecule has 1 N–H and O–H groups in total. The molecule has 1 aromatic heterocycles. The first-order valence-corrected chi connectivity index (χ1v) is 9.80. The molecular formula is C21H23N3O3S. The lowest BCUT2D eigenvalue weighted by atomic mass is 10.1. The number of aromatic nitrogens is 1. The summed E-state index contributed by atoms with van der Waals surface area (Å²) >= 11 is 1.38. The lowest BCUT2D eigenvalue weighted by Crippen LogP contribution is -2.33. The van der Waals surface area contributed by atoms with E-state index in [0.717, 1.165) is 23.5 Å². The Labute approximate surface area is 168 Å². The van der Waals surface area contributed by atoms with Gasteiger partial charge in [0, 0.05) is 29.2 Å². The molecule has 2 aromatic carbocycles. The van der Waals surface area contributed by atoms with Crippen LogP contribution in [-0.2, 0) is 4.79 Å². The monoisotopic (exact) mass is 397 g/mol. The molecule has 0 bridgehead atoms. The van der Waals surface area contributed by atoms with E-state index in [0.29, 0.717) is 16.6 Å². The lowest BCUT2D eigenvalue weighted by molar-refractivity contribution is -0.115. The molecule has 0 unspecified atom stereocenters. The first-order chi connectivity index (χ1) is 13.6. The van der Waals surface area contributed by atoms with E-state index >= 15 is 0 Å². The maximum absolute atomic E-state index is 12.5. The van der Waals surface area contributed by atoms with Crippen LogP contribution in [0.1, 0.15) is 6.92 Å². The van der Waals surface area contributed by atoms with Gasteiger partial charge in [0.2, 0.25) is 5.91 Å². The Hall–Kier alpha value is -3.06. The summed E-state index contributed by atoms with van der Waals surface area (Å²) in [6.07, 6.45) is 0. The smallest absolute Gasteiger partial charge is 0.245 e. The highest BCUT2D eigenvalue weighted by Crippen LogP contribution is 2.34. The summed E-state index contributed by atoms with van der Waals surface area (Å²) in [5.41, 5.74) is 2.61. The van der Waals surface area contributed by atoms with Crippen molar-refractivity contribution in [2.75, 3.05) is 37.5 Å². The highest BCUT2D eigenvalue weighted by molar-refractivity contribution is 7.14. The van der Waals surface area contributed by atoms with Crippen molar-refractivity contribution in [3.8, 4) is 22.8 Å². The van der Waals surface area contributed by atoms with Gasteiger partial charge in [-0.25, -0.2) is 4.98 Å². The summed E-state index contributed by atoms with van der Waals surface area (Å²) in [6, 6.07) is 15.4. The van der Waals surface area contributed by atoms with Gasteiger partial charge in [-0.3, -0.25) is 4.79 Å². The van der Waals surface area contributed by atoms with E-state index in [2.05, 4.69) is 10.3 Å². The van der Waals surface area contributed by atoms with Crippen LogP contribution in [-0.4, -0.2) is 38.2 Å². The Bertz CT molecular complexity index is 928. The van der Waals surface area contributed by atoms with Gasteiger partial charge < -0.3 is 19.7 Å². The molecule has 0 saturated heterocycles. The Balaban J connectivity index is 1.70. The number of benzene rings is 2. The number of ether oxygens (including phenoxy) is 2. The van der Waals surface area contributed by atoms with E-state index in [1.54, 1.807) is 14.2 Å². The van der Waals surface area contributed by atoms with Crippen LogP contribution >= 0.6 is 11.3 Å². The number of carbonyl (C=O) groups is 1. The van der Waals surface area contributed by atoms with Gasteiger partial charge in [-0.1, -0.05) is 18.2 Å². The molecule has 0 fully saturated rings. The number of likely N-dealkylation sites (N-methyl/N-ethyl adjacent to an activating group) is 1. The third-order valence-corrected chi connectivity index (χ3v) is 5.03.